The molecule has 43 heavy (non-hydrogen) atoms. The third-order valence-electron chi connectivity index (χ3n) is 7.37. The van der Waals surface area contributed by atoms with Crippen molar-refractivity contribution in [2.24, 2.45) is 0 Å². The molecule has 3 aromatic rings. The summed E-state index contributed by atoms with van der Waals surface area (Å²) in [5.74, 6) is -2.86. The van der Waals surface area contributed by atoms with Crippen molar-refractivity contribution >= 4 is 17.8 Å². The summed E-state index contributed by atoms with van der Waals surface area (Å²) in [5, 5.41) is 15.2. The lowest BCUT2D eigenvalue weighted by atomic mass is 9.89. The lowest BCUT2D eigenvalue weighted by Gasteiger charge is -2.24. The van der Waals surface area contributed by atoms with Crippen molar-refractivity contribution in [2.75, 3.05) is 20.6 Å². The number of aromatic nitrogens is 1. The first-order valence-corrected chi connectivity index (χ1v) is 14.6. The molecule has 1 heterocycles. The first kappa shape index (κ1) is 33.4. The fourth-order valence-electron chi connectivity index (χ4n) is 5.39. The number of carbonyl (C=O) groups excluding carboxylic acids is 2. The molecule has 8 nitrogen and oxygen atoms in total. The number of carboxylic acids is 1. The predicted molar refractivity (Wildman–Crippen MR) is 167 cm³/mol. The normalized spacial score (nSPS) is 12.6. The molecule has 0 spiro atoms. The zero-order chi connectivity index (χ0) is 31.8. The molecule has 0 aliphatic rings. The van der Waals surface area contributed by atoms with Gasteiger partial charge in [-0.15, -0.1) is 0 Å². The average Bonchev–Trinajstić information content (AvgIpc) is 2.92. The zero-order valence-corrected chi connectivity index (χ0v) is 26.2. The Morgan fingerprint density at radius 3 is 2.26 bits per heavy atom. The minimum atomic E-state index is -1.19. The topological polar surface area (TPSA) is 112 Å². The van der Waals surface area contributed by atoms with E-state index < -0.39 is 42.1 Å². The van der Waals surface area contributed by atoms with Gasteiger partial charge in [-0.3, -0.25) is 14.4 Å². The van der Waals surface area contributed by atoms with Gasteiger partial charge in [0, 0.05) is 24.2 Å². The van der Waals surface area contributed by atoms with Crippen LogP contribution in [0.1, 0.15) is 76.2 Å². The number of rotatable bonds is 13. The minimum Gasteiger partial charge on any atom is -0.481 e. The van der Waals surface area contributed by atoms with E-state index in [2.05, 4.69) is 15.6 Å². The number of likely N-dealkylation sites (N-methyl/N-ethyl adjacent to an activating group) is 1. The molecular formula is C34H43FN4O4. The van der Waals surface area contributed by atoms with Gasteiger partial charge in [0.2, 0.25) is 5.91 Å². The number of aliphatic carboxylic acids is 1. The molecule has 3 N–H and O–H groups in total. The highest BCUT2D eigenvalue weighted by molar-refractivity contribution is 5.96. The summed E-state index contributed by atoms with van der Waals surface area (Å²) in [6.45, 7) is 10.2. The number of carboxylic acid groups (broad SMARTS) is 1. The molecule has 3 rings (SSSR count). The summed E-state index contributed by atoms with van der Waals surface area (Å²) in [4.78, 5) is 45.0. The average molecular weight is 591 g/mol. The lowest BCUT2D eigenvalue weighted by Crippen LogP contribution is -2.48. The molecule has 2 amide bonds. The number of amides is 2. The van der Waals surface area contributed by atoms with Crippen LogP contribution in [-0.4, -0.2) is 59.5 Å². The van der Waals surface area contributed by atoms with Crippen molar-refractivity contribution in [1.29, 1.82) is 0 Å². The molecule has 1 aromatic heterocycles. The van der Waals surface area contributed by atoms with E-state index in [-0.39, 0.29) is 11.3 Å². The molecule has 9 heteroatoms. The van der Waals surface area contributed by atoms with Crippen LogP contribution in [0.3, 0.4) is 0 Å². The Labute approximate surface area is 253 Å². The van der Waals surface area contributed by atoms with Crippen molar-refractivity contribution in [3.05, 3.63) is 87.5 Å². The molecule has 2 atom stereocenters. The van der Waals surface area contributed by atoms with Gasteiger partial charge in [0.05, 0.1) is 12.5 Å². The third-order valence-corrected chi connectivity index (χ3v) is 7.37. The van der Waals surface area contributed by atoms with Crippen LogP contribution in [0.5, 0.6) is 0 Å². The van der Waals surface area contributed by atoms with Crippen LogP contribution in [0.4, 0.5) is 4.39 Å². The summed E-state index contributed by atoms with van der Waals surface area (Å²) in [7, 11) is 3.91. The van der Waals surface area contributed by atoms with Crippen LogP contribution in [0.2, 0.25) is 0 Å². The van der Waals surface area contributed by atoms with Crippen molar-refractivity contribution in [3.8, 4) is 11.1 Å². The van der Waals surface area contributed by atoms with Gasteiger partial charge in [-0.05, 0) is 100 Å². The molecule has 230 valence electrons. The molecule has 0 saturated carbocycles. The van der Waals surface area contributed by atoms with Crippen molar-refractivity contribution < 1.29 is 23.9 Å². The number of benzene rings is 2. The van der Waals surface area contributed by atoms with Crippen molar-refractivity contribution in [1.82, 2.24) is 20.5 Å². The van der Waals surface area contributed by atoms with Gasteiger partial charge in [-0.25, -0.2) is 9.37 Å². The van der Waals surface area contributed by atoms with Gasteiger partial charge in [0.1, 0.15) is 17.6 Å². The van der Waals surface area contributed by atoms with Gasteiger partial charge in [-0.2, -0.15) is 0 Å². The Hall–Kier alpha value is -4.11. The van der Waals surface area contributed by atoms with Crippen LogP contribution in [-0.2, 0) is 16.0 Å². The summed E-state index contributed by atoms with van der Waals surface area (Å²) >= 11 is 0. The quantitative estimate of drug-likeness (QED) is 0.244. The molecular weight excluding hydrogens is 547 g/mol. The number of hydrogen-bond donors (Lipinski definition) is 3. The highest BCUT2D eigenvalue weighted by Crippen LogP contribution is 2.34. The SMILES string of the molecule is CCC[C@H](NC(=O)c1cccc(CCN(C)C)n1)C(=O)N[C@@H](CC(=O)O)c1cc(-c2c(C)cc(C)cc2C)cc(C)c1F. The lowest BCUT2D eigenvalue weighted by molar-refractivity contribution is -0.137. The third kappa shape index (κ3) is 8.94. The number of halogens is 1. The number of aryl methyl sites for hydroxylation is 4. The van der Waals surface area contributed by atoms with Crippen molar-refractivity contribution in [2.45, 2.75) is 72.4 Å². The van der Waals surface area contributed by atoms with Crippen LogP contribution < -0.4 is 10.6 Å². The second-order valence-electron chi connectivity index (χ2n) is 11.5. The number of hydrogen-bond acceptors (Lipinski definition) is 5. The Balaban J connectivity index is 1.91. The van der Waals surface area contributed by atoms with Crippen molar-refractivity contribution in [3.63, 3.8) is 0 Å². The first-order valence-electron chi connectivity index (χ1n) is 14.6. The van der Waals surface area contributed by atoms with E-state index in [1.54, 1.807) is 31.2 Å². The molecule has 0 aliphatic carbocycles. The minimum absolute atomic E-state index is 0.0851. The molecule has 0 radical (unpaired) electrons. The van der Waals surface area contributed by atoms with Gasteiger partial charge in [0.25, 0.3) is 5.91 Å². The van der Waals surface area contributed by atoms with Crippen LogP contribution in [0.25, 0.3) is 11.1 Å². The van der Waals surface area contributed by atoms with E-state index >= 15 is 4.39 Å². The maximum atomic E-state index is 15.6. The molecule has 0 bridgehead atoms. The number of nitrogens with zero attached hydrogens (tertiary/aromatic N) is 2. The van der Waals surface area contributed by atoms with E-state index in [4.69, 9.17) is 0 Å². The van der Waals surface area contributed by atoms with Crippen LogP contribution in [0, 0.1) is 33.5 Å². The summed E-state index contributed by atoms with van der Waals surface area (Å²) in [6.07, 6.45) is 1.02. The zero-order valence-electron chi connectivity index (χ0n) is 26.2. The Morgan fingerprint density at radius 1 is 0.977 bits per heavy atom. The monoisotopic (exact) mass is 590 g/mol. The number of nitrogens with one attached hydrogen (secondary N) is 2. The molecule has 0 fully saturated rings. The highest BCUT2D eigenvalue weighted by Gasteiger charge is 2.28. The van der Waals surface area contributed by atoms with Crippen LogP contribution >= 0.6 is 0 Å². The van der Waals surface area contributed by atoms with E-state index in [9.17, 15) is 19.5 Å². The molecule has 0 unspecified atom stereocenters. The highest BCUT2D eigenvalue weighted by atomic mass is 19.1. The number of pyridine rings is 1. The van der Waals surface area contributed by atoms with E-state index in [1.807, 2.05) is 64.9 Å². The fourth-order valence-corrected chi connectivity index (χ4v) is 5.39. The largest absolute Gasteiger partial charge is 0.481 e. The second kappa shape index (κ2) is 14.9. The fraction of sp³-hybridized carbons (Fsp3) is 0.412. The smallest absolute Gasteiger partial charge is 0.305 e. The molecule has 0 saturated heterocycles. The van der Waals surface area contributed by atoms with Gasteiger partial charge >= 0.3 is 5.97 Å². The summed E-state index contributed by atoms with van der Waals surface area (Å²) in [5.41, 5.74) is 6.18. The molecule has 2 aromatic carbocycles. The Bertz CT molecular complexity index is 1460. The summed E-state index contributed by atoms with van der Waals surface area (Å²) in [6, 6.07) is 10.5. The maximum Gasteiger partial charge on any atom is 0.305 e. The summed E-state index contributed by atoms with van der Waals surface area (Å²) < 4.78 is 15.6. The van der Waals surface area contributed by atoms with Gasteiger partial charge in [0.15, 0.2) is 0 Å². The Kier molecular flexibility index (Phi) is 11.5. The molecule has 0 aliphatic heterocycles. The van der Waals surface area contributed by atoms with Gasteiger partial charge < -0.3 is 20.6 Å². The first-order chi connectivity index (χ1) is 20.3. The Morgan fingerprint density at radius 2 is 1.65 bits per heavy atom. The number of carbonyl (C=O) groups is 3. The van der Waals surface area contributed by atoms with E-state index in [1.165, 1.54) is 0 Å². The second-order valence-corrected chi connectivity index (χ2v) is 11.5. The van der Waals surface area contributed by atoms with E-state index in [0.29, 0.717) is 24.8 Å². The van der Waals surface area contributed by atoms with E-state index in [0.717, 1.165) is 40.1 Å². The van der Waals surface area contributed by atoms with Crippen LogP contribution in [0.15, 0.2) is 42.5 Å². The maximum absolute atomic E-state index is 15.6. The van der Waals surface area contributed by atoms with Gasteiger partial charge in [-0.1, -0.05) is 37.1 Å². The predicted octanol–water partition coefficient (Wildman–Crippen LogP) is 5.46. The standard InChI is InChI=1S/C34H43FN4O4/c1-8-10-27(37-34(43)28-12-9-11-25(36-28)13-14-39(6)7)33(42)38-29(19-30(40)41)26-18-24(17-23(5)32(26)35)31-21(3)15-20(2)16-22(31)4/h9,11-12,15-18,27,29H,8,10,13-14,19H2,1-7H3,(H,37,43)(H,38,42)(H,40,41)/t27-,29-/m0/s1.